The molecule has 0 aromatic heterocycles. The molecule has 3 rings (SSSR count). The van der Waals surface area contributed by atoms with E-state index in [1.54, 1.807) is 20.7 Å². The van der Waals surface area contributed by atoms with Crippen LogP contribution in [0.15, 0.2) is 24.3 Å². The molecule has 0 N–H and O–H groups in total. The summed E-state index contributed by atoms with van der Waals surface area (Å²) in [4.78, 5) is 0. The van der Waals surface area contributed by atoms with Crippen molar-refractivity contribution < 1.29 is 12.8 Å². The van der Waals surface area contributed by atoms with E-state index < -0.39 is 10.2 Å². The van der Waals surface area contributed by atoms with Crippen molar-refractivity contribution >= 4 is 10.2 Å². The number of piperidine rings is 1. The third-order valence-electron chi connectivity index (χ3n) is 4.70. The van der Waals surface area contributed by atoms with Gasteiger partial charge in [0.05, 0.1) is 0 Å². The maximum atomic E-state index is 13.2. The van der Waals surface area contributed by atoms with Crippen LogP contribution in [0.25, 0.3) is 0 Å². The Labute approximate surface area is 132 Å². The number of nitrogens with zero attached hydrogens (tertiary/aromatic N) is 2. The Bertz CT molecular complexity index is 606. The summed E-state index contributed by atoms with van der Waals surface area (Å²) in [5, 5.41) is 0. The van der Waals surface area contributed by atoms with Gasteiger partial charge in [-0.1, -0.05) is 12.1 Å². The van der Waals surface area contributed by atoms with E-state index in [-0.39, 0.29) is 5.82 Å². The topological polar surface area (TPSA) is 40.6 Å². The van der Waals surface area contributed by atoms with Gasteiger partial charge in [-0.15, -0.1) is 0 Å². The molecule has 0 amide bonds. The highest BCUT2D eigenvalue weighted by atomic mass is 32.2. The Kier molecular flexibility index (Phi) is 4.80. The monoisotopic (exact) mass is 326 g/mol. The molecule has 0 radical (unpaired) electrons. The van der Waals surface area contributed by atoms with E-state index in [0.29, 0.717) is 32.1 Å². The normalized spacial score (nSPS) is 22.2. The van der Waals surface area contributed by atoms with Gasteiger partial charge in [-0.05, 0) is 55.7 Å². The molecule has 0 aliphatic carbocycles. The number of hydrogen-bond acceptors (Lipinski definition) is 2. The van der Waals surface area contributed by atoms with E-state index >= 15 is 0 Å². The van der Waals surface area contributed by atoms with E-state index in [9.17, 15) is 12.8 Å². The van der Waals surface area contributed by atoms with E-state index in [4.69, 9.17) is 0 Å². The average molecular weight is 326 g/mol. The summed E-state index contributed by atoms with van der Waals surface area (Å²) in [7, 11) is -3.26. The second-order valence-electron chi connectivity index (χ2n) is 6.29. The summed E-state index contributed by atoms with van der Waals surface area (Å²) >= 11 is 0. The zero-order valence-electron chi connectivity index (χ0n) is 12.7. The van der Waals surface area contributed by atoms with E-state index in [1.807, 2.05) is 6.07 Å². The van der Waals surface area contributed by atoms with Crippen molar-refractivity contribution in [2.24, 2.45) is 5.92 Å². The van der Waals surface area contributed by atoms with E-state index in [1.165, 1.54) is 6.07 Å². The van der Waals surface area contributed by atoms with Crippen LogP contribution in [-0.2, 0) is 16.6 Å². The van der Waals surface area contributed by atoms with Gasteiger partial charge in [0.25, 0.3) is 10.2 Å². The molecule has 1 aromatic carbocycles. The number of halogens is 1. The van der Waals surface area contributed by atoms with Gasteiger partial charge >= 0.3 is 0 Å². The van der Waals surface area contributed by atoms with Crippen molar-refractivity contribution in [3.8, 4) is 0 Å². The van der Waals surface area contributed by atoms with Gasteiger partial charge < -0.3 is 0 Å². The third kappa shape index (κ3) is 3.50. The lowest BCUT2D eigenvalue weighted by Crippen LogP contribution is -2.46. The molecule has 1 aromatic rings. The fourth-order valence-electron chi connectivity index (χ4n) is 3.42. The molecule has 6 heteroatoms. The Morgan fingerprint density at radius 2 is 1.68 bits per heavy atom. The van der Waals surface area contributed by atoms with Gasteiger partial charge in [-0.3, -0.25) is 0 Å². The van der Waals surface area contributed by atoms with Gasteiger partial charge in [0.15, 0.2) is 0 Å². The first-order valence-electron chi connectivity index (χ1n) is 8.05. The zero-order valence-corrected chi connectivity index (χ0v) is 13.6. The molecule has 2 saturated heterocycles. The maximum Gasteiger partial charge on any atom is 0.281 e. The van der Waals surface area contributed by atoms with Crippen LogP contribution >= 0.6 is 0 Å². The fourth-order valence-corrected chi connectivity index (χ4v) is 5.14. The van der Waals surface area contributed by atoms with Crippen LogP contribution in [0.4, 0.5) is 4.39 Å². The first-order chi connectivity index (χ1) is 10.6. The van der Waals surface area contributed by atoms with Gasteiger partial charge in [-0.25, -0.2) is 4.39 Å². The van der Waals surface area contributed by atoms with Crippen molar-refractivity contribution in [1.82, 2.24) is 8.61 Å². The molecule has 0 saturated carbocycles. The quantitative estimate of drug-likeness (QED) is 0.852. The van der Waals surface area contributed by atoms with Crippen molar-refractivity contribution in [3.63, 3.8) is 0 Å². The molecule has 0 bridgehead atoms. The molecule has 2 aliphatic rings. The van der Waals surface area contributed by atoms with Crippen LogP contribution in [0.5, 0.6) is 0 Å². The molecule has 0 atom stereocenters. The molecule has 2 aliphatic heterocycles. The van der Waals surface area contributed by atoms with Crippen molar-refractivity contribution in [1.29, 1.82) is 0 Å². The smallest absolute Gasteiger partial charge is 0.207 e. The summed E-state index contributed by atoms with van der Waals surface area (Å²) in [6.45, 7) is 2.48. The minimum absolute atomic E-state index is 0.202. The van der Waals surface area contributed by atoms with Crippen molar-refractivity contribution in [2.45, 2.75) is 32.1 Å². The Morgan fingerprint density at radius 3 is 2.32 bits per heavy atom. The first kappa shape index (κ1) is 15.9. The minimum Gasteiger partial charge on any atom is -0.207 e. The van der Waals surface area contributed by atoms with Crippen LogP contribution in [0.3, 0.4) is 0 Å². The Hall–Kier alpha value is -0.980. The van der Waals surface area contributed by atoms with E-state index in [0.717, 1.165) is 37.7 Å². The molecule has 122 valence electrons. The predicted molar refractivity (Wildman–Crippen MR) is 84.1 cm³/mol. The maximum absolute atomic E-state index is 13.2. The molecule has 22 heavy (non-hydrogen) atoms. The molecule has 0 unspecified atom stereocenters. The second kappa shape index (κ2) is 6.64. The number of hydrogen-bond donors (Lipinski definition) is 0. The van der Waals surface area contributed by atoms with Crippen LogP contribution in [-0.4, -0.2) is 43.2 Å². The fraction of sp³-hybridized carbons (Fsp3) is 0.625. The molecule has 2 heterocycles. The lowest BCUT2D eigenvalue weighted by Gasteiger charge is -2.33. The predicted octanol–water partition coefficient (Wildman–Crippen LogP) is 2.42. The van der Waals surface area contributed by atoms with Gasteiger partial charge in [0.1, 0.15) is 5.82 Å². The lowest BCUT2D eigenvalue weighted by molar-refractivity contribution is 0.258. The highest BCUT2D eigenvalue weighted by Crippen LogP contribution is 2.26. The Morgan fingerprint density at radius 1 is 1.05 bits per heavy atom. The SMILES string of the molecule is O=S(=O)(N1CCCC1)N1CCC(Cc2cccc(F)c2)CC1. The third-order valence-corrected chi connectivity index (χ3v) is 6.74. The average Bonchev–Trinajstić information content (AvgIpc) is 3.03. The largest absolute Gasteiger partial charge is 0.281 e. The van der Waals surface area contributed by atoms with E-state index in [2.05, 4.69) is 0 Å². The summed E-state index contributed by atoms with van der Waals surface area (Å²) in [5.74, 6) is 0.235. The van der Waals surface area contributed by atoms with Gasteiger partial charge in [0.2, 0.25) is 0 Å². The Balaban J connectivity index is 1.56. The summed E-state index contributed by atoms with van der Waals surface area (Å²) in [6.07, 6.45) is 4.47. The van der Waals surface area contributed by atoms with Crippen LogP contribution in [0.2, 0.25) is 0 Å². The molecular weight excluding hydrogens is 303 g/mol. The number of rotatable bonds is 4. The summed E-state index contributed by atoms with van der Waals surface area (Å²) in [6, 6.07) is 6.70. The first-order valence-corrected chi connectivity index (χ1v) is 9.45. The van der Waals surface area contributed by atoms with Crippen molar-refractivity contribution in [2.75, 3.05) is 26.2 Å². The molecular formula is C16H23FN2O2S. The van der Waals surface area contributed by atoms with Crippen molar-refractivity contribution in [3.05, 3.63) is 35.6 Å². The lowest BCUT2D eigenvalue weighted by atomic mass is 9.91. The zero-order chi connectivity index (χ0) is 15.6. The molecule has 2 fully saturated rings. The molecule has 4 nitrogen and oxygen atoms in total. The van der Waals surface area contributed by atoms with Gasteiger partial charge in [0, 0.05) is 26.2 Å². The van der Waals surface area contributed by atoms with Crippen LogP contribution in [0.1, 0.15) is 31.2 Å². The van der Waals surface area contributed by atoms with Gasteiger partial charge in [-0.2, -0.15) is 17.0 Å². The summed E-state index contributed by atoms with van der Waals surface area (Å²) < 4.78 is 41.5. The highest BCUT2D eigenvalue weighted by Gasteiger charge is 2.34. The highest BCUT2D eigenvalue weighted by molar-refractivity contribution is 7.86. The standard InChI is InChI=1S/C16H23FN2O2S/c17-16-5-3-4-15(13-16)12-14-6-10-19(11-7-14)22(20,21)18-8-1-2-9-18/h3-5,13-14H,1-2,6-12H2. The molecule has 0 spiro atoms. The van der Waals surface area contributed by atoms with Crippen LogP contribution in [0, 0.1) is 11.7 Å². The van der Waals surface area contributed by atoms with Crippen LogP contribution < -0.4 is 0 Å². The second-order valence-corrected chi connectivity index (χ2v) is 8.22. The summed E-state index contributed by atoms with van der Waals surface area (Å²) in [5.41, 5.74) is 1.00. The number of benzene rings is 1. The minimum atomic E-state index is -3.26.